The Kier molecular flexibility index (Phi) is 2.91. The standard InChI is InChI=1S/C12H19N3/c1-9-5-7-15(11(9)8-13)12-10(2)4-3-6-14-12/h3-4,6,9,11H,5,7-8,13H2,1-2H3. The monoisotopic (exact) mass is 205 g/mol. The van der Waals surface area contributed by atoms with Gasteiger partial charge in [-0.1, -0.05) is 13.0 Å². The molecule has 82 valence electrons. The summed E-state index contributed by atoms with van der Waals surface area (Å²) in [5.41, 5.74) is 7.07. The van der Waals surface area contributed by atoms with Crippen molar-refractivity contribution >= 4 is 5.82 Å². The SMILES string of the molecule is Cc1cccnc1N1CCC(C)C1CN. The van der Waals surface area contributed by atoms with E-state index in [9.17, 15) is 0 Å². The van der Waals surface area contributed by atoms with E-state index in [-0.39, 0.29) is 0 Å². The van der Waals surface area contributed by atoms with Gasteiger partial charge in [0.05, 0.1) is 0 Å². The van der Waals surface area contributed by atoms with Crippen LogP contribution in [0.4, 0.5) is 5.82 Å². The van der Waals surface area contributed by atoms with Gasteiger partial charge in [0.2, 0.25) is 0 Å². The minimum absolute atomic E-state index is 0.457. The van der Waals surface area contributed by atoms with E-state index in [2.05, 4.69) is 29.8 Å². The van der Waals surface area contributed by atoms with Crippen LogP contribution in [0.15, 0.2) is 18.3 Å². The molecular formula is C12H19N3. The molecule has 1 fully saturated rings. The molecule has 1 aliphatic rings. The van der Waals surface area contributed by atoms with Gasteiger partial charge in [-0.15, -0.1) is 0 Å². The Labute approximate surface area is 91.3 Å². The van der Waals surface area contributed by atoms with Crippen LogP contribution in [0.1, 0.15) is 18.9 Å². The molecular weight excluding hydrogens is 186 g/mol. The zero-order valence-electron chi connectivity index (χ0n) is 9.48. The summed E-state index contributed by atoms with van der Waals surface area (Å²) in [5.74, 6) is 1.79. The van der Waals surface area contributed by atoms with Crippen molar-refractivity contribution in [3.63, 3.8) is 0 Å². The van der Waals surface area contributed by atoms with E-state index in [0.717, 1.165) is 18.9 Å². The molecule has 2 heterocycles. The molecule has 3 heteroatoms. The second kappa shape index (κ2) is 4.19. The lowest BCUT2D eigenvalue weighted by atomic mass is 10.0. The fourth-order valence-electron chi connectivity index (χ4n) is 2.41. The predicted octanol–water partition coefficient (Wildman–Crippen LogP) is 1.56. The lowest BCUT2D eigenvalue weighted by Crippen LogP contribution is -2.39. The second-order valence-corrected chi connectivity index (χ2v) is 4.41. The van der Waals surface area contributed by atoms with Gasteiger partial charge in [-0.05, 0) is 30.9 Å². The summed E-state index contributed by atoms with van der Waals surface area (Å²) in [7, 11) is 0. The zero-order chi connectivity index (χ0) is 10.8. The Balaban J connectivity index is 2.28. The van der Waals surface area contributed by atoms with E-state index in [0.29, 0.717) is 12.0 Å². The fraction of sp³-hybridized carbons (Fsp3) is 0.583. The van der Waals surface area contributed by atoms with Crippen molar-refractivity contribution in [3.8, 4) is 0 Å². The first-order valence-corrected chi connectivity index (χ1v) is 5.62. The molecule has 0 bridgehead atoms. The highest BCUT2D eigenvalue weighted by Crippen LogP contribution is 2.29. The quantitative estimate of drug-likeness (QED) is 0.796. The van der Waals surface area contributed by atoms with Crippen LogP contribution in [0.5, 0.6) is 0 Å². The predicted molar refractivity (Wildman–Crippen MR) is 62.9 cm³/mol. The Morgan fingerprint density at radius 2 is 2.40 bits per heavy atom. The number of rotatable bonds is 2. The summed E-state index contributed by atoms with van der Waals surface area (Å²) < 4.78 is 0. The molecule has 0 amide bonds. The molecule has 0 radical (unpaired) electrons. The van der Waals surface area contributed by atoms with Crippen LogP contribution in [0.25, 0.3) is 0 Å². The minimum atomic E-state index is 0.457. The van der Waals surface area contributed by atoms with E-state index in [1.165, 1.54) is 12.0 Å². The Hall–Kier alpha value is -1.09. The van der Waals surface area contributed by atoms with Crippen LogP contribution in [-0.2, 0) is 0 Å². The van der Waals surface area contributed by atoms with Crippen molar-refractivity contribution in [2.24, 2.45) is 11.7 Å². The molecule has 1 saturated heterocycles. The van der Waals surface area contributed by atoms with E-state index in [1.54, 1.807) is 0 Å². The molecule has 3 nitrogen and oxygen atoms in total. The fourth-order valence-corrected chi connectivity index (χ4v) is 2.41. The molecule has 0 aliphatic carbocycles. The first kappa shape index (κ1) is 10.4. The van der Waals surface area contributed by atoms with Gasteiger partial charge in [0, 0.05) is 25.3 Å². The topological polar surface area (TPSA) is 42.2 Å². The number of anilines is 1. The Bertz CT molecular complexity index is 337. The van der Waals surface area contributed by atoms with Crippen molar-refractivity contribution in [2.75, 3.05) is 18.0 Å². The van der Waals surface area contributed by atoms with Gasteiger partial charge in [-0.25, -0.2) is 4.98 Å². The summed E-state index contributed by atoms with van der Waals surface area (Å²) in [5, 5.41) is 0. The third-order valence-electron chi connectivity index (χ3n) is 3.38. The van der Waals surface area contributed by atoms with E-state index >= 15 is 0 Å². The molecule has 1 aliphatic heterocycles. The molecule has 2 unspecified atom stereocenters. The van der Waals surface area contributed by atoms with Gasteiger partial charge in [-0.2, -0.15) is 0 Å². The van der Waals surface area contributed by atoms with E-state index in [1.807, 2.05) is 12.3 Å². The summed E-state index contributed by atoms with van der Waals surface area (Å²) in [6.45, 7) is 6.19. The molecule has 2 N–H and O–H groups in total. The van der Waals surface area contributed by atoms with Crippen LogP contribution < -0.4 is 10.6 Å². The van der Waals surface area contributed by atoms with Crippen LogP contribution in [0.3, 0.4) is 0 Å². The van der Waals surface area contributed by atoms with Gasteiger partial charge >= 0.3 is 0 Å². The van der Waals surface area contributed by atoms with Crippen LogP contribution in [-0.4, -0.2) is 24.1 Å². The second-order valence-electron chi connectivity index (χ2n) is 4.41. The number of nitrogens with zero attached hydrogens (tertiary/aromatic N) is 2. The van der Waals surface area contributed by atoms with Crippen LogP contribution >= 0.6 is 0 Å². The van der Waals surface area contributed by atoms with Gasteiger partial charge in [-0.3, -0.25) is 0 Å². The lowest BCUT2D eigenvalue weighted by molar-refractivity contribution is 0.517. The average molecular weight is 205 g/mol. The summed E-state index contributed by atoms with van der Waals surface area (Å²) in [6, 6.07) is 4.55. The van der Waals surface area contributed by atoms with Crippen LogP contribution in [0, 0.1) is 12.8 Å². The summed E-state index contributed by atoms with van der Waals surface area (Å²) in [6.07, 6.45) is 3.08. The third kappa shape index (κ3) is 1.84. The van der Waals surface area contributed by atoms with Gasteiger partial charge < -0.3 is 10.6 Å². The number of nitrogens with two attached hydrogens (primary N) is 1. The van der Waals surface area contributed by atoms with Gasteiger partial charge in [0.1, 0.15) is 5.82 Å². The molecule has 2 rings (SSSR count). The average Bonchev–Trinajstić information content (AvgIpc) is 2.60. The molecule has 1 aromatic rings. The van der Waals surface area contributed by atoms with Crippen molar-refractivity contribution < 1.29 is 0 Å². The molecule has 0 spiro atoms. The molecule has 0 saturated carbocycles. The molecule has 1 aromatic heterocycles. The maximum absolute atomic E-state index is 5.83. The highest BCUT2D eigenvalue weighted by Gasteiger charge is 2.31. The molecule has 15 heavy (non-hydrogen) atoms. The summed E-state index contributed by atoms with van der Waals surface area (Å²) in [4.78, 5) is 6.82. The van der Waals surface area contributed by atoms with Gasteiger partial charge in [0.15, 0.2) is 0 Å². The highest BCUT2D eigenvalue weighted by molar-refractivity contribution is 5.48. The largest absolute Gasteiger partial charge is 0.352 e. The number of aromatic nitrogens is 1. The van der Waals surface area contributed by atoms with Crippen molar-refractivity contribution in [1.29, 1.82) is 0 Å². The van der Waals surface area contributed by atoms with Crippen molar-refractivity contribution in [3.05, 3.63) is 23.9 Å². The zero-order valence-corrected chi connectivity index (χ0v) is 9.48. The third-order valence-corrected chi connectivity index (χ3v) is 3.38. The minimum Gasteiger partial charge on any atom is -0.352 e. The van der Waals surface area contributed by atoms with E-state index in [4.69, 9.17) is 5.73 Å². The maximum Gasteiger partial charge on any atom is 0.131 e. The van der Waals surface area contributed by atoms with Crippen molar-refractivity contribution in [2.45, 2.75) is 26.3 Å². The normalized spacial score (nSPS) is 25.9. The van der Waals surface area contributed by atoms with Crippen LogP contribution in [0.2, 0.25) is 0 Å². The first-order valence-electron chi connectivity index (χ1n) is 5.62. The molecule has 0 aromatic carbocycles. The summed E-state index contributed by atoms with van der Waals surface area (Å²) >= 11 is 0. The Morgan fingerprint density at radius 1 is 1.60 bits per heavy atom. The number of aryl methyl sites for hydroxylation is 1. The maximum atomic E-state index is 5.83. The number of hydrogen-bond donors (Lipinski definition) is 1. The van der Waals surface area contributed by atoms with E-state index < -0.39 is 0 Å². The first-order chi connectivity index (χ1) is 7.24. The Morgan fingerprint density at radius 3 is 3.07 bits per heavy atom. The van der Waals surface area contributed by atoms with Crippen molar-refractivity contribution in [1.82, 2.24) is 4.98 Å². The highest BCUT2D eigenvalue weighted by atomic mass is 15.2. The smallest absolute Gasteiger partial charge is 0.131 e. The van der Waals surface area contributed by atoms with Gasteiger partial charge in [0.25, 0.3) is 0 Å². The lowest BCUT2D eigenvalue weighted by Gasteiger charge is -2.27. The number of pyridine rings is 1. The number of hydrogen-bond acceptors (Lipinski definition) is 3. The molecule has 2 atom stereocenters.